The molecule has 46 heavy (non-hydrogen) atoms. The van der Waals surface area contributed by atoms with E-state index in [9.17, 15) is 19.1 Å². The molecule has 1 saturated carbocycles. The van der Waals surface area contributed by atoms with Crippen LogP contribution in [0.3, 0.4) is 0 Å². The number of nitrogens with two attached hydrogens (primary N) is 1. The van der Waals surface area contributed by atoms with E-state index in [0.29, 0.717) is 18.8 Å². The first-order valence-electron chi connectivity index (χ1n) is 15.4. The molecule has 14 heteroatoms. The molecule has 2 saturated heterocycles. The highest BCUT2D eigenvalue weighted by Gasteiger charge is 2.50. The molecule has 5 heterocycles. The zero-order valence-electron chi connectivity index (χ0n) is 24.8. The monoisotopic (exact) mass is 670 g/mol. The predicted molar refractivity (Wildman–Crippen MR) is 169 cm³/mol. The van der Waals surface area contributed by atoms with Crippen molar-refractivity contribution >= 4 is 54.7 Å². The van der Waals surface area contributed by atoms with Gasteiger partial charge in [-0.2, -0.15) is 15.2 Å². The fourth-order valence-electron chi connectivity index (χ4n) is 7.59. The molecule has 3 aliphatic heterocycles. The second-order valence-electron chi connectivity index (χ2n) is 12.8. The van der Waals surface area contributed by atoms with Gasteiger partial charge in [0.05, 0.1) is 38.4 Å². The van der Waals surface area contributed by atoms with Gasteiger partial charge in [-0.1, -0.05) is 17.7 Å². The number of thiophene rings is 1. The number of nitriles is 1. The molecule has 4 aromatic rings. The average Bonchev–Trinajstić information content (AvgIpc) is 3.63. The summed E-state index contributed by atoms with van der Waals surface area (Å²) in [7, 11) is 0. The van der Waals surface area contributed by atoms with Gasteiger partial charge in [-0.25, -0.2) is 13.2 Å². The molecule has 2 aromatic carbocycles. The van der Waals surface area contributed by atoms with Gasteiger partial charge in [0.1, 0.15) is 47.6 Å². The van der Waals surface area contributed by atoms with E-state index in [4.69, 9.17) is 31.8 Å². The number of aliphatic hydroxyl groups excluding tert-OH is 1. The first-order chi connectivity index (χ1) is 22.1. The van der Waals surface area contributed by atoms with Crippen LogP contribution >= 0.6 is 22.9 Å². The maximum atomic E-state index is 17.1. The largest absolute Gasteiger partial charge is 0.489 e. The Kier molecular flexibility index (Phi) is 6.96. The summed E-state index contributed by atoms with van der Waals surface area (Å²) in [5.74, 6) is -1.00. The van der Waals surface area contributed by atoms with E-state index < -0.39 is 35.5 Å². The van der Waals surface area contributed by atoms with Crippen molar-refractivity contribution in [3.05, 3.63) is 34.4 Å². The van der Waals surface area contributed by atoms with Gasteiger partial charge in [0.15, 0.2) is 11.6 Å². The molecule has 9 nitrogen and oxygen atoms in total. The normalized spacial score (nSPS) is 25.0. The Morgan fingerprint density at radius 2 is 2.11 bits per heavy atom. The number of fused-ring (bicyclic) bond motifs is 2. The Hall–Kier alpha value is -3.57. The summed E-state index contributed by atoms with van der Waals surface area (Å²) >= 11 is 7.90. The number of nitrogen functional groups attached to an aromatic ring is 1. The molecule has 0 bridgehead atoms. The van der Waals surface area contributed by atoms with Crippen molar-refractivity contribution in [1.82, 2.24) is 14.9 Å². The summed E-state index contributed by atoms with van der Waals surface area (Å²) in [5, 5.41) is 21.1. The lowest BCUT2D eigenvalue weighted by Gasteiger charge is -2.33. The Morgan fingerprint density at radius 3 is 2.85 bits per heavy atom. The van der Waals surface area contributed by atoms with Crippen LogP contribution in [0.5, 0.6) is 11.8 Å². The maximum Gasteiger partial charge on any atom is 0.319 e. The van der Waals surface area contributed by atoms with E-state index in [2.05, 4.69) is 9.88 Å². The Bertz CT molecular complexity index is 1970. The van der Waals surface area contributed by atoms with Crippen LogP contribution in [0, 0.1) is 23.0 Å². The zero-order chi connectivity index (χ0) is 32.1. The Labute approximate surface area is 271 Å². The summed E-state index contributed by atoms with van der Waals surface area (Å²) in [5.41, 5.74) is 5.49. The van der Waals surface area contributed by atoms with Crippen LogP contribution in [-0.2, 0) is 0 Å². The predicted octanol–water partition coefficient (Wildman–Crippen LogP) is 5.96. The molecular formula is C32H30ClF3N6O3S. The fourth-order valence-corrected chi connectivity index (χ4v) is 8.87. The van der Waals surface area contributed by atoms with E-state index in [1.54, 1.807) is 6.92 Å². The van der Waals surface area contributed by atoms with Crippen molar-refractivity contribution in [2.75, 3.05) is 36.9 Å². The van der Waals surface area contributed by atoms with Gasteiger partial charge in [-0.05, 0) is 50.8 Å². The van der Waals surface area contributed by atoms with Gasteiger partial charge in [-0.15, -0.1) is 11.3 Å². The van der Waals surface area contributed by atoms with E-state index in [0.717, 1.165) is 43.6 Å². The number of ether oxygens (including phenoxy) is 2. The van der Waals surface area contributed by atoms with Gasteiger partial charge >= 0.3 is 6.01 Å². The molecular weight excluding hydrogens is 641 g/mol. The highest BCUT2D eigenvalue weighted by atomic mass is 35.5. The van der Waals surface area contributed by atoms with Gasteiger partial charge in [0.25, 0.3) is 0 Å². The standard InChI is InChI=1S/C32H30ClF3N6O3S/c1-14(43)20-12-44-27-23-26(25(36)22(24(27)33)17-5-6-19(35)28-21(17)18(10-37)29(38)46-28)39-31(40-30(23)42(20)16-3-4-16)45-13-32-7-2-8-41(32)11-15(34)9-32/h5-6,14-16,20,43H,2-4,7-9,11-13,38H2,1H3/t14?,15-,20?,32+/m1/s1. The first-order valence-corrected chi connectivity index (χ1v) is 16.6. The van der Waals surface area contributed by atoms with Crippen molar-refractivity contribution in [3.63, 3.8) is 0 Å². The van der Waals surface area contributed by atoms with Gasteiger partial charge in [-0.3, -0.25) is 4.90 Å². The molecule has 0 spiro atoms. The third kappa shape index (κ3) is 4.41. The van der Waals surface area contributed by atoms with E-state index in [1.165, 1.54) is 12.1 Å². The number of halogens is 4. The van der Waals surface area contributed by atoms with Gasteiger partial charge in [0.2, 0.25) is 0 Å². The van der Waals surface area contributed by atoms with Crippen molar-refractivity contribution in [1.29, 1.82) is 5.26 Å². The minimum absolute atomic E-state index is 0.0152. The highest BCUT2D eigenvalue weighted by molar-refractivity contribution is 7.23. The second kappa shape index (κ2) is 10.7. The number of alkyl halides is 1. The quantitative estimate of drug-likeness (QED) is 0.256. The number of hydrogen-bond donors (Lipinski definition) is 2. The number of rotatable bonds is 6. The van der Waals surface area contributed by atoms with E-state index in [-0.39, 0.29) is 78.7 Å². The number of aliphatic hydroxyl groups is 1. The summed E-state index contributed by atoms with van der Waals surface area (Å²) in [6, 6.07) is 3.95. The van der Waals surface area contributed by atoms with Crippen molar-refractivity contribution < 1.29 is 27.8 Å². The molecule has 4 aliphatic rings. The van der Waals surface area contributed by atoms with Crippen molar-refractivity contribution in [3.8, 4) is 29.0 Å². The Morgan fingerprint density at radius 1 is 1.30 bits per heavy atom. The van der Waals surface area contributed by atoms with Crippen LogP contribution in [0.15, 0.2) is 12.1 Å². The molecule has 3 N–H and O–H groups in total. The third-order valence-electron chi connectivity index (χ3n) is 9.87. The molecule has 4 atom stereocenters. The number of nitrogens with zero attached hydrogens (tertiary/aromatic N) is 5. The van der Waals surface area contributed by atoms with Crippen LogP contribution in [0.4, 0.5) is 24.0 Å². The second-order valence-corrected chi connectivity index (χ2v) is 14.2. The molecule has 1 aliphatic carbocycles. The summed E-state index contributed by atoms with van der Waals surface area (Å²) in [6.45, 7) is 2.93. The van der Waals surface area contributed by atoms with Crippen molar-refractivity contribution in [2.45, 2.75) is 68.9 Å². The average molecular weight is 671 g/mol. The molecule has 0 amide bonds. The molecule has 8 rings (SSSR count). The molecule has 240 valence electrons. The smallest absolute Gasteiger partial charge is 0.319 e. The maximum absolute atomic E-state index is 17.1. The van der Waals surface area contributed by atoms with E-state index in [1.807, 2.05) is 11.0 Å². The number of aromatic nitrogens is 2. The van der Waals surface area contributed by atoms with Crippen LogP contribution in [-0.4, -0.2) is 76.2 Å². The first kappa shape index (κ1) is 29.8. The molecule has 0 radical (unpaired) electrons. The van der Waals surface area contributed by atoms with Crippen LogP contribution in [0.25, 0.3) is 32.1 Å². The topological polar surface area (TPSA) is 121 Å². The van der Waals surface area contributed by atoms with Crippen molar-refractivity contribution in [2.24, 2.45) is 0 Å². The van der Waals surface area contributed by atoms with Crippen LogP contribution in [0.1, 0.15) is 44.6 Å². The summed E-state index contributed by atoms with van der Waals surface area (Å²) in [6.07, 6.45) is 1.91. The van der Waals surface area contributed by atoms with Gasteiger partial charge in [0, 0.05) is 30.0 Å². The lowest BCUT2D eigenvalue weighted by molar-refractivity contribution is 0.107. The SMILES string of the molecule is CC(O)C1COc2c(Cl)c(-c3ccc(F)c4sc(N)c(C#N)c34)c(F)c3nc(OC[C@@]45CCCN4C[C@H](F)C5)nc(c23)N1C1CC1. The minimum atomic E-state index is -0.956. The van der Waals surface area contributed by atoms with Crippen LogP contribution in [0.2, 0.25) is 5.02 Å². The fraction of sp³-hybridized carbons (Fsp3) is 0.469. The van der Waals surface area contributed by atoms with E-state index >= 15 is 4.39 Å². The van der Waals surface area contributed by atoms with Gasteiger partial charge < -0.3 is 25.2 Å². The number of anilines is 2. The minimum Gasteiger partial charge on any atom is -0.489 e. The molecule has 2 aromatic heterocycles. The Balaban J connectivity index is 1.36. The number of hydrogen-bond acceptors (Lipinski definition) is 10. The molecule has 2 unspecified atom stereocenters. The molecule has 3 fully saturated rings. The highest BCUT2D eigenvalue weighted by Crippen LogP contribution is 2.52. The lowest BCUT2D eigenvalue weighted by atomic mass is 9.95. The lowest BCUT2D eigenvalue weighted by Crippen LogP contribution is -2.47. The zero-order valence-corrected chi connectivity index (χ0v) is 26.4. The summed E-state index contributed by atoms with van der Waals surface area (Å²) in [4.78, 5) is 13.4. The summed E-state index contributed by atoms with van der Waals surface area (Å²) < 4.78 is 59.2. The number of benzene rings is 2. The van der Waals surface area contributed by atoms with Crippen LogP contribution < -0.4 is 20.1 Å². The third-order valence-corrected chi connectivity index (χ3v) is 11.3.